The Kier molecular flexibility index (Phi) is 5.83. The number of piperidine rings is 1. The van der Waals surface area contributed by atoms with Crippen LogP contribution in [0.5, 0.6) is 0 Å². The minimum atomic E-state index is -0.176. The van der Waals surface area contributed by atoms with E-state index in [0.29, 0.717) is 5.95 Å². The number of rotatable bonds is 6. The second-order valence-electron chi connectivity index (χ2n) is 9.29. The van der Waals surface area contributed by atoms with Crippen molar-refractivity contribution in [2.24, 2.45) is 5.92 Å². The number of anilines is 4. The topological polar surface area (TPSA) is 90.4 Å². The van der Waals surface area contributed by atoms with Gasteiger partial charge in [-0.2, -0.15) is 0 Å². The van der Waals surface area contributed by atoms with E-state index < -0.39 is 0 Å². The lowest BCUT2D eigenvalue weighted by Gasteiger charge is -2.31. The lowest BCUT2D eigenvalue weighted by molar-refractivity contribution is -0.117. The van der Waals surface area contributed by atoms with Gasteiger partial charge in [0.25, 0.3) is 0 Å². The molecule has 8 heteroatoms. The minimum absolute atomic E-state index is 0.107. The normalized spacial score (nSPS) is 16.4. The van der Waals surface area contributed by atoms with Crippen molar-refractivity contribution in [2.75, 3.05) is 28.6 Å². The number of aliphatic hydroxyl groups is 1. The Morgan fingerprint density at radius 2 is 1.83 bits per heavy atom. The number of aromatic nitrogens is 2. The number of hydrogen-bond acceptors (Lipinski definition) is 7. The number of carbonyl (C=O) groups is 1. The van der Waals surface area contributed by atoms with Crippen molar-refractivity contribution in [3.8, 4) is 11.1 Å². The van der Waals surface area contributed by atoms with E-state index in [9.17, 15) is 9.90 Å². The molecule has 0 spiro atoms. The first-order valence-corrected chi connectivity index (χ1v) is 13.0. The van der Waals surface area contributed by atoms with Gasteiger partial charge in [0.1, 0.15) is 0 Å². The lowest BCUT2D eigenvalue weighted by Crippen LogP contribution is -2.35. The van der Waals surface area contributed by atoms with Gasteiger partial charge in [0, 0.05) is 47.0 Å². The summed E-state index contributed by atoms with van der Waals surface area (Å²) < 4.78 is 1.01. The number of thiophene rings is 1. The number of hydrogen-bond donors (Lipinski definition) is 3. The van der Waals surface area contributed by atoms with Crippen molar-refractivity contribution < 1.29 is 9.90 Å². The van der Waals surface area contributed by atoms with E-state index >= 15 is 0 Å². The zero-order valence-electron chi connectivity index (χ0n) is 19.3. The van der Waals surface area contributed by atoms with Crippen LogP contribution in [0.15, 0.2) is 60.1 Å². The summed E-state index contributed by atoms with van der Waals surface area (Å²) in [5, 5.41) is 18.2. The monoisotopic (exact) mass is 485 g/mol. The molecule has 35 heavy (non-hydrogen) atoms. The van der Waals surface area contributed by atoms with Gasteiger partial charge in [0.2, 0.25) is 11.9 Å². The number of nitrogens with zero attached hydrogens (tertiary/aromatic N) is 3. The maximum atomic E-state index is 12.2. The first-order chi connectivity index (χ1) is 17.1. The molecule has 1 aliphatic carbocycles. The molecule has 0 bridgehead atoms. The summed E-state index contributed by atoms with van der Waals surface area (Å²) in [6.45, 7) is 1.75. The minimum Gasteiger partial charge on any atom is -0.393 e. The number of carbonyl (C=O) groups excluding carboxylic acids is 1. The molecule has 2 fully saturated rings. The third-order valence-electron chi connectivity index (χ3n) is 6.66. The number of amides is 1. The summed E-state index contributed by atoms with van der Waals surface area (Å²) in [5.74, 6) is 0.822. The SMILES string of the molecule is O=C(Nc1cccc(-c2csc3cnc(Nc4ccc(N5CCC(O)CC5)cc4)nc23)c1)C1CC1. The van der Waals surface area contributed by atoms with Crippen LogP contribution in [0.3, 0.4) is 0 Å². The molecule has 1 amide bonds. The molecule has 0 atom stereocenters. The van der Waals surface area contributed by atoms with Gasteiger partial charge < -0.3 is 20.6 Å². The highest BCUT2D eigenvalue weighted by molar-refractivity contribution is 7.17. The van der Waals surface area contributed by atoms with E-state index in [1.165, 1.54) is 0 Å². The Bertz CT molecular complexity index is 1360. The smallest absolute Gasteiger partial charge is 0.227 e. The van der Waals surface area contributed by atoms with Crippen molar-refractivity contribution in [2.45, 2.75) is 31.8 Å². The van der Waals surface area contributed by atoms with E-state index in [4.69, 9.17) is 4.98 Å². The quantitative estimate of drug-likeness (QED) is 0.338. The van der Waals surface area contributed by atoms with Crippen molar-refractivity contribution in [1.82, 2.24) is 9.97 Å². The fraction of sp³-hybridized carbons (Fsp3) is 0.296. The molecule has 0 unspecified atom stereocenters. The van der Waals surface area contributed by atoms with Gasteiger partial charge in [-0.15, -0.1) is 11.3 Å². The number of fused-ring (bicyclic) bond motifs is 1. The van der Waals surface area contributed by atoms with Gasteiger partial charge in [-0.05, 0) is 67.6 Å². The average molecular weight is 486 g/mol. The second-order valence-corrected chi connectivity index (χ2v) is 10.2. The number of benzene rings is 2. The predicted octanol–water partition coefficient (Wildman–Crippen LogP) is 5.41. The van der Waals surface area contributed by atoms with E-state index in [2.05, 4.69) is 38.0 Å². The van der Waals surface area contributed by atoms with Crippen molar-refractivity contribution in [3.05, 3.63) is 60.1 Å². The molecule has 1 saturated carbocycles. The lowest BCUT2D eigenvalue weighted by atomic mass is 10.1. The van der Waals surface area contributed by atoms with Crippen LogP contribution in [0.2, 0.25) is 0 Å². The predicted molar refractivity (Wildman–Crippen MR) is 141 cm³/mol. The Labute approximate surface area is 207 Å². The van der Waals surface area contributed by atoms with Gasteiger partial charge >= 0.3 is 0 Å². The van der Waals surface area contributed by atoms with Crippen LogP contribution in [0.25, 0.3) is 21.3 Å². The first-order valence-electron chi connectivity index (χ1n) is 12.1. The summed E-state index contributed by atoms with van der Waals surface area (Å²) in [7, 11) is 0. The molecule has 3 N–H and O–H groups in total. The molecule has 1 saturated heterocycles. The van der Waals surface area contributed by atoms with Crippen molar-refractivity contribution in [1.29, 1.82) is 0 Å². The summed E-state index contributed by atoms with van der Waals surface area (Å²) in [6.07, 6.45) is 5.27. The summed E-state index contributed by atoms with van der Waals surface area (Å²) in [4.78, 5) is 23.8. The van der Waals surface area contributed by atoms with Crippen LogP contribution >= 0.6 is 11.3 Å². The van der Waals surface area contributed by atoms with E-state index in [-0.39, 0.29) is 17.9 Å². The summed E-state index contributed by atoms with van der Waals surface area (Å²) >= 11 is 1.61. The number of aliphatic hydroxyl groups excluding tert-OH is 1. The van der Waals surface area contributed by atoms with Gasteiger partial charge in [-0.25, -0.2) is 9.97 Å². The molecule has 3 heterocycles. The summed E-state index contributed by atoms with van der Waals surface area (Å²) in [5.41, 5.74) is 5.83. The van der Waals surface area contributed by atoms with Crippen LogP contribution in [-0.4, -0.2) is 40.2 Å². The number of nitrogens with one attached hydrogen (secondary N) is 2. The van der Waals surface area contributed by atoms with Gasteiger partial charge in [-0.1, -0.05) is 12.1 Å². The van der Waals surface area contributed by atoms with E-state index in [0.717, 1.165) is 77.2 Å². The Morgan fingerprint density at radius 1 is 1.03 bits per heavy atom. The first kappa shape index (κ1) is 22.0. The second kappa shape index (κ2) is 9.28. The van der Waals surface area contributed by atoms with E-state index in [1.54, 1.807) is 11.3 Å². The fourth-order valence-corrected chi connectivity index (χ4v) is 5.33. The van der Waals surface area contributed by atoms with Crippen LogP contribution in [0.4, 0.5) is 23.0 Å². The highest BCUT2D eigenvalue weighted by Crippen LogP contribution is 2.35. The maximum Gasteiger partial charge on any atom is 0.227 e. The van der Waals surface area contributed by atoms with Crippen molar-refractivity contribution >= 4 is 50.5 Å². The molecular weight excluding hydrogens is 458 g/mol. The van der Waals surface area contributed by atoms with Gasteiger partial charge in [-0.3, -0.25) is 4.79 Å². The summed E-state index contributed by atoms with van der Waals surface area (Å²) in [6, 6.07) is 16.2. The third kappa shape index (κ3) is 4.85. The Balaban J connectivity index is 1.20. The highest BCUT2D eigenvalue weighted by Gasteiger charge is 2.29. The molecule has 7 nitrogen and oxygen atoms in total. The molecule has 2 aliphatic rings. The maximum absolute atomic E-state index is 12.2. The molecule has 0 radical (unpaired) electrons. The zero-order chi connectivity index (χ0) is 23.8. The zero-order valence-corrected chi connectivity index (χ0v) is 20.1. The van der Waals surface area contributed by atoms with Gasteiger partial charge in [0.05, 0.1) is 22.5 Å². The van der Waals surface area contributed by atoms with Crippen LogP contribution in [-0.2, 0) is 4.79 Å². The van der Waals surface area contributed by atoms with Crippen LogP contribution < -0.4 is 15.5 Å². The molecule has 2 aromatic carbocycles. The van der Waals surface area contributed by atoms with Crippen LogP contribution in [0, 0.1) is 5.92 Å². The average Bonchev–Trinajstić information content (AvgIpc) is 3.65. The molecule has 178 valence electrons. The standard InChI is InChI=1S/C27H27N5O2S/c33-22-10-12-32(13-11-22)21-8-6-19(7-9-21)30-27-28-15-24-25(31-27)23(16-35-24)18-2-1-3-20(14-18)29-26(34)17-4-5-17/h1-3,6-9,14-17,22,33H,4-5,10-13H2,(H,29,34)(H,28,30,31). The van der Waals surface area contributed by atoms with Gasteiger partial charge in [0.15, 0.2) is 0 Å². The molecule has 1 aliphatic heterocycles. The molecule has 4 aromatic rings. The Morgan fingerprint density at radius 3 is 2.60 bits per heavy atom. The highest BCUT2D eigenvalue weighted by atomic mass is 32.1. The Hall–Kier alpha value is -3.49. The van der Waals surface area contributed by atoms with E-state index in [1.807, 2.05) is 42.6 Å². The largest absolute Gasteiger partial charge is 0.393 e. The van der Waals surface area contributed by atoms with Crippen molar-refractivity contribution in [3.63, 3.8) is 0 Å². The molecular formula is C27H27N5O2S. The molecule has 6 rings (SSSR count). The third-order valence-corrected chi connectivity index (χ3v) is 7.56. The molecule has 2 aromatic heterocycles. The van der Waals surface area contributed by atoms with Crippen LogP contribution in [0.1, 0.15) is 25.7 Å². The fourth-order valence-electron chi connectivity index (χ4n) is 4.46.